The third-order valence-corrected chi connectivity index (χ3v) is 5.95. The Hall–Kier alpha value is -5.30. The number of hydrogen-bond acceptors (Lipinski definition) is 5. The van der Waals surface area contributed by atoms with Crippen LogP contribution in [0.3, 0.4) is 0 Å². The standard InChI is InChI=1S/C31H25N5O2/c1-22-12-18-29(23-8-4-2-5-9-23)36(22)28-16-13-24(14-17-28)31(38)35-32-21-25-20-27(15-19-30(25)37)34-33-26-10-6-3-7-11-26/h2-21,37H,1H3,(H,35,38)/b32-21+,34-33?. The molecule has 1 amide bonds. The van der Waals surface area contributed by atoms with Crippen LogP contribution in [0.1, 0.15) is 21.6 Å². The molecule has 0 spiro atoms. The van der Waals surface area contributed by atoms with Crippen molar-refractivity contribution in [3.05, 3.63) is 132 Å². The Kier molecular flexibility index (Phi) is 7.18. The molecule has 38 heavy (non-hydrogen) atoms. The fourth-order valence-electron chi connectivity index (χ4n) is 4.02. The maximum atomic E-state index is 12.7. The summed E-state index contributed by atoms with van der Waals surface area (Å²) in [6.07, 6.45) is 1.37. The number of hydrazone groups is 1. The Balaban J connectivity index is 1.27. The Morgan fingerprint density at radius 1 is 0.789 bits per heavy atom. The van der Waals surface area contributed by atoms with Crippen LogP contribution in [0.5, 0.6) is 5.75 Å². The zero-order valence-corrected chi connectivity index (χ0v) is 20.7. The third-order valence-electron chi connectivity index (χ3n) is 5.95. The van der Waals surface area contributed by atoms with Crippen LogP contribution in [0, 0.1) is 6.92 Å². The van der Waals surface area contributed by atoms with Crippen molar-refractivity contribution in [1.82, 2.24) is 9.99 Å². The number of nitrogens with zero attached hydrogens (tertiary/aromatic N) is 4. The topological polar surface area (TPSA) is 91.3 Å². The molecule has 4 aromatic carbocycles. The molecule has 1 aromatic heterocycles. The van der Waals surface area contributed by atoms with Gasteiger partial charge < -0.3 is 9.67 Å². The van der Waals surface area contributed by atoms with E-state index in [1.54, 1.807) is 24.3 Å². The van der Waals surface area contributed by atoms with Crippen molar-refractivity contribution in [2.24, 2.45) is 15.3 Å². The summed E-state index contributed by atoms with van der Waals surface area (Å²) in [7, 11) is 0. The largest absolute Gasteiger partial charge is 0.507 e. The van der Waals surface area contributed by atoms with Gasteiger partial charge >= 0.3 is 0 Å². The van der Waals surface area contributed by atoms with Crippen LogP contribution in [-0.4, -0.2) is 21.8 Å². The summed E-state index contributed by atoms with van der Waals surface area (Å²) in [6, 6.07) is 35.8. The Morgan fingerprint density at radius 2 is 1.47 bits per heavy atom. The first-order valence-electron chi connectivity index (χ1n) is 12.1. The molecule has 0 saturated heterocycles. The molecule has 7 heteroatoms. The average Bonchev–Trinajstić information content (AvgIpc) is 3.35. The molecule has 5 rings (SSSR count). The van der Waals surface area contributed by atoms with Crippen LogP contribution in [0.2, 0.25) is 0 Å². The number of amides is 1. The van der Waals surface area contributed by atoms with E-state index >= 15 is 0 Å². The minimum Gasteiger partial charge on any atom is -0.507 e. The number of aromatic nitrogens is 1. The van der Waals surface area contributed by atoms with Crippen LogP contribution in [0.4, 0.5) is 11.4 Å². The number of aryl methyl sites for hydroxylation is 1. The van der Waals surface area contributed by atoms with Crippen LogP contribution in [-0.2, 0) is 0 Å². The molecule has 0 aliphatic carbocycles. The number of azo groups is 1. The highest BCUT2D eigenvalue weighted by Crippen LogP contribution is 2.27. The molecule has 0 fully saturated rings. The molecular formula is C31H25N5O2. The first-order chi connectivity index (χ1) is 18.6. The highest BCUT2D eigenvalue weighted by atomic mass is 16.3. The molecule has 2 N–H and O–H groups in total. The van der Waals surface area contributed by atoms with E-state index in [2.05, 4.69) is 56.5 Å². The molecule has 7 nitrogen and oxygen atoms in total. The first kappa shape index (κ1) is 24.4. The van der Waals surface area contributed by atoms with E-state index in [0.717, 1.165) is 28.3 Å². The van der Waals surface area contributed by atoms with Gasteiger partial charge in [-0.2, -0.15) is 15.3 Å². The van der Waals surface area contributed by atoms with Crippen molar-refractivity contribution in [3.8, 4) is 22.7 Å². The smallest absolute Gasteiger partial charge is 0.271 e. The van der Waals surface area contributed by atoms with Crippen molar-refractivity contribution >= 4 is 23.5 Å². The molecule has 0 radical (unpaired) electrons. The number of carbonyl (C=O) groups excluding carboxylic acids is 1. The number of benzene rings is 4. The van der Waals surface area contributed by atoms with E-state index < -0.39 is 0 Å². The Morgan fingerprint density at radius 3 is 2.21 bits per heavy atom. The molecule has 0 aliphatic heterocycles. The van der Waals surface area contributed by atoms with Gasteiger partial charge in [0.2, 0.25) is 0 Å². The van der Waals surface area contributed by atoms with Gasteiger partial charge in [-0.25, -0.2) is 5.43 Å². The summed E-state index contributed by atoms with van der Waals surface area (Å²) < 4.78 is 2.15. The first-order valence-corrected chi connectivity index (χ1v) is 12.1. The third kappa shape index (κ3) is 5.57. The summed E-state index contributed by atoms with van der Waals surface area (Å²) in [5.74, 6) is -0.345. The Bertz CT molecular complexity index is 1610. The molecule has 0 atom stereocenters. The molecule has 0 bridgehead atoms. The van der Waals surface area contributed by atoms with E-state index in [0.29, 0.717) is 16.8 Å². The molecule has 1 heterocycles. The lowest BCUT2D eigenvalue weighted by atomic mass is 10.1. The number of phenols is 1. The fourth-order valence-corrected chi connectivity index (χ4v) is 4.02. The predicted octanol–water partition coefficient (Wildman–Crippen LogP) is 7.34. The van der Waals surface area contributed by atoms with Crippen molar-refractivity contribution in [1.29, 1.82) is 0 Å². The van der Waals surface area contributed by atoms with Gasteiger partial charge in [0, 0.05) is 22.5 Å². The molecular weight excluding hydrogens is 474 g/mol. The molecule has 0 aliphatic rings. The lowest BCUT2D eigenvalue weighted by molar-refractivity contribution is 0.0955. The lowest BCUT2D eigenvalue weighted by Gasteiger charge is -2.12. The van der Waals surface area contributed by atoms with E-state index in [9.17, 15) is 9.90 Å². The summed E-state index contributed by atoms with van der Waals surface area (Å²) >= 11 is 0. The predicted molar refractivity (Wildman–Crippen MR) is 150 cm³/mol. The van der Waals surface area contributed by atoms with E-state index in [4.69, 9.17) is 0 Å². The van der Waals surface area contributed by atoms with Gasteiger partial charge in [0.05, 0.1) is 23.3 Å². The average molecular weight is 500 g/mol. The van der Waals surface area contributed by atoms with E-state index in [1.807, 2.05) is 60.7 Å². The second-order valence-corrected chi connectivity index (χ2v) is 8.59. The minimum absolute atomic E-state index is 0.0160. The van der Waals surface area contributed by atoms with Gasteiger partial charge in [-0.05, 0) is 79.2 Å². The lowest BCUT2D eigenvalue weighted by Crippen LogP contribution is -2.17. The number of hydrogen-bond donors (Lipinski definition) is 2. The van der Waals surface area contributed by atoms with Gasteiger partial charge in [-0.1, -0.05) is 48.5 Å². The fraction of sp³-hybridized carbons (Fsp3) is 0.0323. The number of aromatic hydroxyl groups is 1. The summed E-state index contributed by atoms with van der Waals surface area (Å²) in [5, 5.41) is 22.6. The number of phenolic OH excluding ortho intramolecular Hbond substituents is 1. The quantitative estimate of drug-likeness (QED) is 0.139. The van der Waals surface area contributed by atoms with E-state index in [1.165, 1.54) is 12.3 Å². The van der Waals surface area contributed by atoms with Crippen molar-refractivity contribution in [2.75, 3.05) is 0 Å². The van der Waals surface area contributed by atoms with Crippen LogP contribution >= 0.6 is 0 Å². The SMILES string of the molecule is Cc1ccc(-c2ccccc2)n1-c1ccc(C(=O)N/N=C/c2cc(N=Nc3ccccc3)ccc2O)cc1. The minimum atomic E-state index is -0.361. The highest BCUT2D eigenvalue weighted by Gasteiger charge is 2.11. The number of carbonyl (C=O) groups is 1. The highest BCUT2D eigenvalue weighted by molar-refractivity contribution is 5.95. The molecule has 186 valence electrons. The molecule has 0 saturated carbocycles. The number of nitrogens with one attached hydrogen (secondary N) is 1. The monoisotopic (exact) mass is 499 g/mol. The summed E-state index contributed by atoms with van der Waals surface area (Å²) in [6.45, 7) is 2.05. The second kappa shape index (κ2) is 11.2. The van der Waals surface area contributed by atoms with Crippen molar-refractivity contribution < 1.29 is 9.90 Å². The molecule has 0 unspecified atom stereocenters. The van der Waals surface area contributed by atoms with Crippen LogP contribution < -0.4 is 5.43 Å². The normalized spacial score (nSPS) is 11.3. The maximum absolute atomic E-state index is 12.7. The van der Waals surface area contributed by atoms with Crippen molar-refractivity contribution in [3.63, 3.8) is 0 Å². The van der Waals surface area contributed by atoms with Gasteiger partial charge in [0.15, 0.2) is 0 Å². The molecule has 5 aromatic rings. The Labute approximate surface area is 220 Å². The van der Waals surface area contributed by atoms with Crippen LogP contribution in [0.15, 0.2) is 131 Å². The zero-order chi connectivity index (χ0) is 26.3. The number of rotatable bonds is 7. The van der Waals surface area contributed by atoms with E-state index in [-0.39, 0.29) is 11.7 Å². The zero-order valence-electron chi connectivity index (χ0n) is 20.7. The summed E-state index contributed by atoms with van der Waals surface area (Å²) in [4.78, 5) is 12.7. The van der Waals surface area contributed by atoms with Gasteiger partial charge in [-0.3, -0.25) is 4.79 Å². The maximum Gasteiger partial charge on any atom is 0.271 e. The van der Waals surface area contributed by atoms with Gasteiger partial charge in [0.25, 0.3) is 5.91 Å². The van der Waals surface area contributed by atoms with Crippen molar-refractivity contribution in [2.45, 2.75) is 6.92 Å². The summed E-state index contributed by atoms with van der Waals surface area (Å²) in [5.41, 5.74) is 8.89. The van der Waals surface area contributed by atoms with Crippen LogP contribution in [0.25, 0.3) is 16.9 Å². The van der Waals surface area contributed by atoms with Gasteiger partial charge in [0.1, 0.15) is 5.75 Å². The second-order valence-electron chi connectivity index (χ2n) is 8.59. The van der Waals surface area contributed by atoms with Gasteiger partial charge in [-0.15, -0.1) is 0 Å².